The minimum atomic E-state index is -1.05. The van der Waals surface area contributed by atoms with Crippen LogP contribution in [0.4, 0.5) is 9.18 Å². The topological polar surface area (TPSA) is 53.4 Å². The molecule has 0 aliphatic rings. The second-order valence-electron chi connectivity index (χ2n) is 6.67. The third-order valence-electron chi connectivity index (χ3n) is 3.71. The fraction of sp³-hybridized carbons (Fsp3) is 0.333. The summed E-state index contributed by atoms with van der Waals surface area (Å²) in [6, 6.07) is 9.19. The minimum absolute atomic E-state index is 0.309. The molecule has 25 heavy (non-hydrogen) atoms. The standard InChI is InChI=1S/C18H19Br2FN2O2/c1-18(2,3)23(17(24)25)14(10-11-5-4-6-12(21)9-11)16-13(19)7-8-15(20)22-16/h4-9,14H,10H2,1-3H3,(H,24,25). The second-order valence-corrected chi connectivity index (χ2v) is 8.34. The number of carboxylic acid groups (broad SMARTS) is 1. The summed E-state index contributed by atoms with van der Waals surface area (Å²) in [6.07, 6.45) is -0.744. The Morgan fingerprint density at radius 3 is 2.52 bits per heavy atom. The quantitative estimate of drug-likeness (QED) is 0.570. The SMILES string of the molecule is CC(C)(C)N(C(=O)O)C(Cc1cccc(F)c1)c1nc(Br)ccc1Br. The molecule has 1 atom stereocenters. The first kappa shape index (κ1) is 19.8. The third kappa shape index (κ3) is 5.01. The summed E-state index contributed by atoms with van der Waals surface area (Å²) >= 11 is 6.81. The van der Waals surface area contributed by atoms with Crippen LogP contribution in [0.2, 0.25) is 0 Å². The van der Waals surface area contributed by atoms with Crippen LogP contribution < -0.4 is 0 Å². The molecule has 0 saturated heterocycles. The van der Waals surface area contributed by atoms with Crippen molar-refractivity contribution in [2.24, 2.45) is 0 Å². The molecule has 7 heteroatoms. The Kier molecular flexibility index (Phi) is 6.21. The summed E-state index contributed by atoms with van der Waals surface area (Å²) in [5.41, 5.74) is 0.623. The highest BCUT2D eigenvalue weighted by atomic mass is 79.9. The van der Waals surface area contributed by atoms with E-state index >= 15 is 0 Å². The van der Waals surface area contributed by atoms with E-state index in [0.717, 1.165) is 0 Å². The zero-order valence-corrected chi connectivity index (χ0v) is 17.3. The van der Waals surface area contributed by atoms with Gasteiger partial charge in [-0.1, -0.05) is 12.1 Å². The van der Waals surface area contributed by atoms with E-state index in [-0.39, 0.29) is 5.82 Å². The van der Waals surface area contributed by atoms with Crippen LogP contribution in [0.15, 0.2) is 45.5 Å². The number of benzene rings is 1. The van der Waals surface area contributed by atoms with Crippen molar-refractivity contribution in [1.82, 2.24) is 9.88 Å². The van der Waals surface area contributed by atoms with Crippen molar-refractivity contribution in [3.63, 3.8) is 0 Å². The first-order valence-electron chi connectivity index (χ1n) is 7.68. The molecular formula is C18H19Br2FN2O2. The van der Waals surface area contributed by atoms with Crippen molar-refractivity contribution in [1.29, 1.82) is 0 Å². The number of halogens is 3. The Balaban J connectivity index is 2.58. The number of pyridine rings is 1. The summed E-state index contributed by atoms with van der Waals surface area (Å²) in [5.74, 6) is -0.352. The molecule has 1 N–H and O–H groups in total. The Hall–Kier alpha value is -1.47. The maximum Gasteiger partial charge on any atom is 0.408 e. The van der Waals surface area contributed by atoms with E-state index in [4.69, 9.17) is 0 Å². The highest BCUT2D eigenvalue weighted by molar-refractivity contribution is 9.11. The summed E-state index contributed by atoms with van der Waals surface area (Å²) in [5, 5.41) is 9.83. The van der Waals surface area contributed by atoms with Crippen LogP contribution in [0.3, 0.4) is 0 Å². The Bertz CT molecular complexity index is 778. The van der Waals surface area contributed by atoms with Gasteiger partial charge in [0, 0.05) is 10.0 Å². The Labute approximate surface area is 163 Å². The van der Waals surface area contributed by atoms with E-state index in [1.54, 1.807) is 18.2 Å². The number of rotatable bonds is 4. The molecule has 1 unspecified atom stereocenters. The van der Waals surface area contributed by atoms with Crippen LogP contribution in [0.25, 0.3) is 0 Å². The van der Waals surface area contributed by atoms with Crippen molar-refractivity contribution in [2.45, 2.75) is 38.8 Å². The van der Waals surface area contributed by atoms with Gasteiger partial charge in [-0.3, -0.25) is 4.90 Å². The molecule has 2 aromatic rings. The molecule has 1 aromatic heterocycles. The first-order chi connectivity index (χ1) is 11.6. The molecular weight excluding hydrogens is 455 g/mol. The van der Waals surface area contributed by atoms with Crippen molar-refractivity contribution in [2.75, 3.05) is 0 Å². The van der Waals surface area contributed by atoms with Crippen LogP contribution in [-0.4, -0.2) is 26.6 Å². The molecule has 0 fully saturated rings. The zero-order valence-electron chi connectivity index (χ0n) is 14.1. The number of hydrogen-bond acceptors (Lipinski definition) is 2. The van der Waals surface area contributed by atoms with Crippen LogP contribution in [0.1, 0.15) is 38.1 Å². The van der Waals surface area contributed by atoms with Gasteiger partial charge in [-0.15, -0.1) is 0 Å². The molecule has 4 nitrogen and oxygen atoms in total. The summed E-state index contributed by atoms with van der Waals surface area (Å²) in [6.45, 7) is 5.47. The predicted octanol–water partition coefficient (Wildman–Crippen LogP) is 5.81. The predicted molar refractivity (Wildman–Crippen MR) is 102 cm³/mol. The number of carbonyl (C=O) groups is 1. The maximum absolute atomic E-state index is 13.6. The normalized spacial score (nSPS) is 12.7. The van der Waals surface area contributed by atoms with Crippen molar-refractivity contribution in [3.05, 3.63) is 62.5 Å². The first-order valence-corrected chi connectivity index (χ1v) is 9.27. The number of hydrogen-bond donors (Lipinski definition) is 1. The fourth-order valence-corrected chi connectivity index (χ4v) is 3.56. The van der Waals surface area contributed by atoms with Gasteiger partial charge >= 0.3 is 6.09 Å². The number of aromatic nitrogens is 1. The molecule has 0 aliphatic heterocycles. The van der Waals surface area contributed by atoms with Crippen molar-refractivity contribution < 1.29 is 14.3 Å². The van der Waals surface area contributed by atoms with Gasteiger partial charge in [0.25, 0.3) is 0 Å². The van der Waals surface area contributed by atoms with Crippen molar-refractivity contribution >= 4 is 38.0 Å². The molecule has 134 valence electrons. The fourth-order valence-electron chi connectivity index (χ4n) is 2.75. The van der Waals surface area contributed by atoms with Crippen molar-refractivity contribution in [3.8, 4) is 0 Å². The molecule has 1 aromatic carbocycles. The second kappa shape index (κ2) is 7.83. The lowest BCUT2D eigenvalue weighted by molar-refractivity contribution is 0.0679. The molecule has 2 rings (SSSR count). The van der Waals surface area contributed by atoms with Crippen LogP contribution >= 0.6 is 31.9 Å². The summed E-state index contributed by atoms with van der Waals surface area (Å²) in [4.78, 5) is 17.8. The zero-order chi connectivity index (χ0) is 18.8. The average molecular weight is 474 g/mol. The van der Waals surface area contributed by atoms with E-state index < -0.39 is 17.7 Å². The Morgan fingerprint density at radius 2 is 1.96 bits per heavy atom. The van der Waals surface area contributed by atoms with Gasteiger partial charge in [-0.05, 0) is 88.9 Å². The number of nitrogens with zero attached hydrogens (tertiary/aromatic N) is 2. The maximum atomic E-state index is 13.6. The number of amides is 1. The molecule has 0 saturated carbocycles. The van der Waals surface area contributed by atoms with E-state index in [1.165, 1.54) is 17.0 Å². The van der Waals surface area contributed by atoms with E-state index in [2.05, 4.69) is 36.8 Å². The van der Waals surface area contributed by atoms with Gasteiger partial charge < -0.3 is 5.11 Å². The molecule has 1 heterocycles. The monoisotopic (exact) mass is 472 g/mol. The van der Waals surface area contributed by atoms with Gasteiger partial charge in [-0.2, -0.15) is 0 Å². The highest BCUT2D eigenvalue weighted by Crippen LogP contribution is 2.35. The largest absolute Gasteiger partial charge is 0.465 e. The van der Waals surface area contributed by atoms with Crippen LogP contribution in [0.5, 0.6) is 0 Å². The average Bonchev–Trinajstić information content (AvgIpc) is 2.47. The molecule has 0 aliphatic carbocycles. The van der Waals surface area contributed by atoms with E-state index in [1.807, 2.05) is 26.8 Å². The lowest BCUT2D eigenvalue weighted by Gasteiger charge is -2.39. The smallest absolute Gasteiger partial charge is 0.408 e. The van der Waals surface area contributed by atoms with Gasteiger partial charge in [0.1, 0.15) is 10.4 Å². The third-order valence-corrected chi connectivity index (χ3v) is 4.83. The molecule has 0 spiro atoms. The lowest BCUT2D eigenvalue weighted by atomic mass is 9.96. The van der Waals surface area contributed by atoms with Crippen LogP contribution in [-0.2, 0) is 6.42 Å². The lowest BCUT2D eigenvalue weighted by Crippen LogP contribution is -2.48. The highest BCUT2D eigenvalue weighted by Gasteiger charge is 2.36. The molecule has 0 bridgehead atoms. The minimum Gasteiger partial charge on any atom is -0.465 e. The molecule has 0 radical (unpaired) electrons. The summed E-state index contributed by atoms with van der Waals surface area (Å²) in [7, 11) is 0. The van der Waals surface area contributed by atoms with E-state index in [0.29, 0.717) is 26.8 Å². The van der Waals surface area contributed by atoms with Gasteiger partial charge in [-0.25, -0.2) is 14.2 Å². The van der Waals surface area contributed by atoms with Gasteiger partial charge in [0.15, 0.2) is 0 Å². The van der Waals surface area contributed by atoms with E-state index in [9.17, 15) is 14.3 Å². The van der Waals surface area contributed by atoms with Crippen LogP contribution in [0, 0.1) is 5.82 Å². The summed E-state index contributed by atoms with van der Waals surface area (Å²) < 4.78 is 14.9. The van der Waals surface area contributed by atoms with Gasteiger partial charge in [0.2, 0.25) is 0 Å². The Morgan fingerprint density at radius 1 is 1.28 bits per heavy atom. The van der Waals surface area contributed by atoms with Gasteiger partial charge in [0.05, 0.1) is 11.7 Å². The molecule has 1 amide bonds.